The Balaban J connectivity index is 2.35. The van der Waals surface area contributed by atoms with Crippen LogP contribution in [-0.2, 0) is 0 Å². The first-order valence-electron chi connectivity index (χ1n) is 6.77. The summed E-state index contributed by atoms with van der Waals surface area (Å²) in [6.07, 6.45) is 0. The summed E-state index contributed by atoms with van der Waals surface area (Å²) in [5.74, 6) is -0.0792. The normalized spacial score (nSPS) is 11.0. The van der Waals surface area contributed by atoms with Crippen molar-refractivity contribution < 1.29 is 9.90 Å². The van der Waals surface area contributed by atoms with Crippen molar-refractivity contribution in [1.82, 2.24) is 9.55 Å². The molecule has 0 fully saturated rings. The van der Waals surface area contributed by atoms with E-state index in [4.69, 9.17) is 0 Å². The SMILES string of the molecule is Cc1ccc(C)c(-n2c(C)nc3ccc(C(=O)O)cc32)c1. The van der Waals surface area contributed by atoms with E-state index < -0.39 is 5.97 Å². The van der Waals surface area contributed by atoms with E-state index in [0.29, 0.717) is 0 Å². The van der Waals surface area contributed by atoms with E-state index in [-0.39, 0.29) is 5.56 Å². The number of aromatic carboxylic acids is 1. The molecule has 3 aromatic rings. The Bertz CT molecular complexity index is 863. The van der Waals surface area contributed by atoms with Crippen molar-refractivity contribution >= 4 is 17.0 Å². The van der Waals surface area contributed by atoms with Crippen LogP contribution in [0.4, 0.5) is 0 Å². The van der Waals surface area contributed by atoms with Gasteiger partial charge in [-0.2, -0.15) is 0 Å². The van der Waals surface area contributed by atoms with Gasteiger partial charge in [0.15, 0.2) is 0 Å². The summed E-state index contributed by atoms with van der Waals surface area (Å²) in [4.78, 5) is 15.7. The van der Waals surface area contributed by atoms with Crippen molar-refractivity contribution in [3.05, 3.63) is 58.9 Å². The third-order valence-corrected chi connectivity index (χ3v) is 3.67. The molecular formula is C17H16N2O2. The molecule has 0 radical (unpaired) electrons. The van der Waals surface area contributed by atoms with Gasteiger partial charge in [-0.15, -0.1) is 0 Å². The fourth-order valence-corrected chi connectivity index (χ4v) is 2.59. The summed E-state index contributed by atoms with van der Waals surface area (Å²) < 4.78 is 2.02. The average Bonchev–Trinajstić information content (AvgIpc) is 2.76. The van der Waals surface area contributed by atoms with Crippen molar-refractivity contribution in [1.29, 1.82) is 0 Å². The highest BCUT2D eigenvalue weighted by molar-refractivity contribution is 5.93. The Morgan fingerprint density at radius 2 is 1.86 bits per heavy atom. The first-order chi connectivity index (χ1) is 9.97. The first kappa shape index (κ1) is 13.4. The minimum Gasteiger partial charge on any atom is -0.478 e. The zero-order valence-electron chi connectivity index (χ0n) is 12.2. The van der Waals surface area contributed by atoms with Crippen LogP contribution in [0, 0.1) is 20.8 Å². The van der Waals surface area contributed by atoms with Crippen LogP contribution in [0.1, 0.15) is 27.3 Å². The summed E-state index contributed by atoms with van der Waals surface area (Å²) in [7, 11) is 0. The fraction of sp³-hybridized carbons (Fsp3) is 0.176. The van der Waals surface area contributed by atoms with Gasteiger partial charge in [0, 0.05) is 0 Å². The first-order valence-corrected chi connectivity index (χ1v) is 6.77. The molecule has 1 heterocycles. The smallest absolute Gasteiger partial charge is 0.335 e. The van der Waals surface area contributed by atoms with Gasteiger partial charge in [0.1, 0.15) is 5.82 Å². The highest BCUT2D eigenvalue weighted by Gasteiger charge is 2.13. The van der Waals surface area contributed by atoms with Gasteiger partial charge in [-0.05, 0) is 56.2 Å². The van der Waals surface area contributed by atoms with Gasteiger partial charge in [0.25, 0.3) is 0 Å². The molecule has 0 saturated carbocycles. The molecule has 21 heavy (non-hydrogen) atoms. The molecule has 0 unspecified atom stereocenters. The third-order valence-electron chi connectivity index (χ3n) is 3.67. The summed E-state index contributed by atoms with van der Waals surface area (Å²) in [6, 6.07) is 11.3. The predicted octanol–water partition coefficient (Wildman–Crippen LogP) is 3.65. The topological polar surface area (TPSA) is 55.1 Å². The number of carboxylic acid groups (broad SMARTS) is 1. The quantitative estimate of drug-likeness (QED) is 0.779. The lowest BCUT2D eigenvalue weighted by Gasteiger charge is -2.11. The molecule has 0 bridgehead atoms. The van der Waals surface area contributed by atoms with Crippen molar-refractivity contribution in [2.45, 2.75) is 20.8 Å². The Kier molecular flexibility index (Phi) is 3.01. The van der Waals surface area contributed by atoms with Crippen molar-refractivity contribution in [2.75, 3.05) is 0 Å². The Hall–Kier alpha value is -2.62. The molecule has 1 N–H and O–H groups in total. The number of aryl methyl sites for hydroxylation is 3. The molecule has 0 aliphatic rings. The molecule has 0 spiro atoms. The van der Waals surface area contributed by atoms with Crippen molar-refractivity contribution in [2.24, 2.45) is 0 Å². The van der Waals surface area contributed by atoms with Crippen LogP contribution in [0.25, 0.3) is 16.7 Å². The molecule has 0 saturated heterocycles. The fourth-order valence-electron chi connectivity index (χ4n) is 2.59. The molecule has 0 amide bonds. The zero-order valence-corrected chi connectivity index (χ0v) is 12.2. The maximum atomic E-state index is 11.2. The summed E-state index contributed by atoms with van der Waals surface area (Å²) >= 11 is 0. The number of carbonyl (C=O) groups is 1. The van der Waals surface area contributed by atoms with E-state index in [9.17, 15) is 9.90 Å². The van der Waals surface area contributed by atoms with Crippen LogP contribution in [-0.4, -0.2) is 20.6 Å². The lowest BCUT2D eigenvalue weighted by Crippen LogP contribution is -2.01. The Morgan fingerprint density at radius 1 is 1.10 bits per heavy atom. The van der Waals surface area contributed by atoms with Gasteiger partial charge in [-0.3, -0.25) is 4.57 Å². The molecule has 0 atom stereocenters. The second-order valence-electron chi connectivity index (χ2n) is 5.29. The molecule has 4 heteroatoms. The van der Waals surface area contributed by atoms with Crippen molar-refractivity contribution in [3.8, 4) is 5.69 Å². The van der Waals surface area contributed by atoms with Gasteiger partial charge in [0.2, 0.25) is 0 Å². The largest absolute Gasteiger partial charge is 0.478 e. The number of hydrogen-bond acceptors (Lipinski definition) is 2. The maximum absolute atomic E-state index is 11.2. The number of nitrogens with zero attached hydrogens (tertiary/aromatic N) is 2. The van der Waals surface area contributed by atoms with Crippen LogP contribution >= 0.6 is 0 Å². The van der Waals surface area contributed by atoms with Crippen LogP contribution in [0.15, 0.2) is 36.4 Å². The van der Waals surface area contributed by atoms with Gasteiger partial charge in [0.05, 0.1) is 22.3 Å². The monoisotopic (exact) mass is 280 g/mol. The lowest BCUT2D eigenvalue weighted by molar-refractivity contribution is 0.0697. The summed E-state index contributed by atoms with van der Waals surface area (Å²) in [6.45, 7) is 6.02. The second-order valence-corrected chi connectivity index (χ2v) is 5.29. The maximum Gasteiger partial charge on any atom is 0.335 e. The molecule has 106 valence electrons. The zero-order chi connectivity index (χ0) is 15.1. The second kappa shape index (κ2) is 4.74. The minimum atomic E-state index is -0.928. The Labute approximate surface area is 122 Å². The van der Waals surface area contributed by atoms with Gasteiger partial charge >= 0.3 is 5.97 Å². The highest BCUT2D eigenvalue weighted by atomic mass is 16.4. The number of hydrogen-bond donors (Lipinski definition) is 1. The molecular weight excluding hydrogens is 264 g/mol. The standard InChI is InChI=1S/C17H16N2O2/c1-10-4-5-11(2)15(8-10)19-12(3)18-14-7-6-13(17(20)21)9-16(14)19/h4-9H,1-3H3,(H,20,21). The van der Waals surface area contributed by atoms with Crippen LogP contribution < -0.4 is 0 Å². The van der Waals surface area contributed by atoms with Crippen molar-refractivity contribution in [3.63, 3.8) is 0 Å². The van der Waals surface area contributed by atoms with E-state index >= 15 is 0 Å². The van der Waals surface area contributed by atoms with Gasteiger partial charge in [-0.25, -0.2) is 9.78 Å². The third kappa shape index (κ3) is 2.18. The molecule has 0 aliphatic heterocycles. The van der Waals surface area contributed by atoms with Crippen LogP contribution in [0.3, 0.4) is 0 Å². The summed E-state index contributed by atoms with van der Waals surface area (Å²) in [5.41, 5.74) is 5.22. The average molecular weight is 280 g/mol. The van der Waals surface area contributed by atoms with E-state index in [1.54, 1.807) is 18.2 Å². The lowest BCUT2D eigenvalue weighted by atomic mass is 10.1. The number of imidazole rings is 1. The number of benzene rings is 2. The van der Waals surface area contributed by atoms with E-state index in [2.05, 4.69) is 23.2 Å². The molecule has 4 nitrogen and oxygen atoms in total. The molecule has 2 aromatic carbocycles. The Morgan fingerprint density at radius 3 is 2.57 bits per heavy atom. The molecule has 0 aliphatic carbocycles. The number of aromatic nitrogens is 2. The summed E-state index contributed by atoms with van der Waals surface area (Å²) in [5, 5.41) is 9.18. The number of carboxylic acids is 1. The van der Waals surface area contributed by atoms with Crippen LogP contribution in [0.5, 0.6) is 0 Å². The van der Waals surface area contributed by atoms with E-state index in [1.807, 2.05) is 25.3 Å². The van der Waals surface area contributed by atoms with E-state index in [0.717, 1.165) is 33.7 Å². The number of rotatable bonds is 2. The van der Waals surface area contributed by atoms with Gasteiger partial charge < -0.3 is 5.11 Å². The van der Waals surface area contributed by atoms with E-state index in [1.165, 1.54) is 0 Å². The predicted molar refractivity (Wildman–Crippen MR) is 82.2 cm³/mol. The molecule has 3 rings (SSSR count). The van der Waals surface area contributed by atoms with Crippen LogP contribution in [0.2, 0.25) is 0 Å². The number of fused-ring (bicyclic) bond motifs is 1. The van der Waals surface area contributed by atoms with Gasteiger partial charge in [-0.1, -0.05) is 12.1 Å². The molecule has 1 aromatic heterocycles. The highest BCUT2D eigenvalue weighted by Crippen LogP contribution is 2.25. The minimum absolute atomic E-state index is 0.272.